The molecule has 0 radical (unpaired) electrons. The highest BCUT2D eigenvalue weighted by molar-refractivity contribution is 5.33. The second-order valence-electron chi connectivity index (χ2n) is 2.47. The van der Waals surface area contributed by atoms with Gasteiger partial charge < -0.3 is 9.99 Å². The second-order valence-corrected chi connectivity index (χ2v) is 2.47. The molecule has 0 atom stereocenters. The zero-order valence-electron chi connectivity index (χ0n) is 7.48. The minimum Gasteiger partial charge on any atom is -0.391 e. The molecule has 0 amide bonds. The van der Waals surface area contributed by atoms with Crippen LogP contribution in [-0.2, 0) is 11.5 Å². The topological polar surface area (TPSA) is 38.7 Å². The summed E-state index contributed by atoms with van der Waals surface area (Å²) in [4.78, 5) is 7.81. The Hall–Kier alpha value is -1.34. The van der Waals surface area contributed by atoms with Gasteiger partial charge in [-0.25, -0.2) is 8.78 Å². The Bertz CT molecular complexity index is 352. The van der Waals surface area contributed by atoms with Crippen molar-refractivity contribution >= 4 is 0 Å². The first kappa shape index (κ1) is 11.7. The molecule has 1 aromatic rings. The first-order valence-electron chi connectivity index (χ1n) is 3.70. The lowest BCUT2D eigenvalue weighted by Crippen LogP contribution is -2.07. The lowest BCUT2D eigenvalue weighted by Gasteiger charge is -2.08. The smallest absolute Gasteiger partial charge is 0.242 e. The van der Waals surface area contributed by atoms with E-state index >= 15 is 0 Å². The Morgan fingerprint density at radius 3 is 1.80 bits per heavy atom. The zero-order chi connectivity index (χ0) is 11.6. The predicted octanol–water partition coefficient (Wildman–Crippen LogP) is 1.68. The van der Waals surface area contributed by atoms with E-state index in [-0.39, 0.29) is 0 Å². The lowest BCUT2D eigenvalue weighted by atomic mass is 10.2. The van der Waals surface area contributed by atoms with Crippen LogP contribution >= 0.6 is 0 Å². The molecule has 84 valence electrons. The fourth-order valence-electron chi connectivity index (χ4n) is 0.952. The highest BCUT2D eigenvalue weighted by Gasteiger charge is 2.26. The van der Waals surface area contributed by atoms with Crippen LogP contribution in [0.15, 0.2) is 0 Å². The van der Waals surface area contributed by atoms with Gasteiger partial charge in [0.15, 0.2) is 11.6 Å². The summed E-state index contributed by atoms with van der Waals surface area (Å²) >= 11 is 0. The minimum absolute atomic E-state index is 0.911. The number of aliphatic hydroxyl groups excluding tert-OH is 1. The van der Waals surface area contributed by atoms with Crippen LogP contribution in [0.4, 0.5) is 17.6 Å². The monoisotopic (exact) mass is 226 g/mol. The first-order valence-corrected chi connectivity index (χ1v) is 3.70. The summed E-state index contributed by atoms with van der Waals surface area (Å²) in [5.41, 5.74) is -1.10. The van der Waals surface area contributed by atoms with Gasteiger partial charge in [0.05, 0.1) is 19.3 Å². The molecule has 0 fully saturated rings. The summed E-state index contributed by atoms with van der Waals surface area (Å²) in [5.74, 6) is -8.30. The van der Waals surface area contributed by atoms with Crippen molar-refractivity contribution in [3.63, 3.8) is 0 Å². The van der Waals surface area contributed by atoms with Gasteiger partial charge in [-0.1, -0.05) is 0 Å². The van der Waals surface area contributed by atoms with Crippen LogP contribution in [0, 0.1) is 23.3 Å². The third kappa shape index (κ3) is 1.88. The molecular weight excluding hydrogens is 220 g/mol. The van der Waals surface area contributed by atoms with E-state index in [1.807, 2.05) is 0 Å². The second kappa shape index (κ2) is 4.45. The largest absolute Gasteiger partial charge is 0.391 e. The van der Waals surface area contributed by atoms with Crippen LogP contribution in [0.3, 0.4) is 0 Å². The van der Waals surface area contributed by atoms with Crippen LogP contribution in [0.1, 0.15) is 5.56 Å². The first-order chi connectivity index (χ1) is 7.04. The lowest BCUT2D eigenvalue weighted by molar-refractivity contribution is -0.183. The molecule has 0 aliphatic heterocycles. The van der Waals surface area contributed by atoms with Gasteiger partial charge >= 0.3 is 0 Å². The maximum absolute atomic E-state index is 13.0. The summed E-state index contributed by atoms with van der Waals surface area (Å²) in [6.07, 6.45) is 0. The van der Waals surface area contributed by atoms with Gasteiger partial charge in [0.2, 0.25) is 17.4 Å². The van der Waals surface area contributed by atoms with Crippen LogP contribution in [0.25, 0.3) is 0 Å². The van der Waals surface area contributed by atoms with Crippen molar-refractivity contribution in [3.8, 4) is 5.75 Å². The van der Waals surface area contributed by atoms with Crippen LogP contribution in [-0.4, -0.2) is 12.2 Å². The number of hydrogen-bond acceptors (Lipinski definition) is 3. The van der Waals surface area contributed by atoms with Gasteiger partial charge in [0.25, 0.3) is 0 Å². The molecule has 3 nitrogen and oxygen atoms in total. The van der Waals surface area contributed by atoms with E-state index in [1.165, 1.54) is 0 Å². The highest BCUT2D eigenvalue weighted by Crippen LogP contribution is 2.29. The molecule has 1 aromatic carbocycles. The summed E-state index contributed by atoms with van der Waals surface area (Å²) in [7, 11) is 0.911. The summed E-state index contributed by atoms with van der Waals surface area (Å²) in [6, 6.07) is 0. The molecule has 0 aliphatic rings. The molecule has 15 heavy (non-hydrogen) atoms. The predicted molar refractivity (Wildman–Crippen MR) is 39.8 cm³/mol. The molecule has 0 bridgehead atoms. The Kier molecular flexibility index (Phi) is 3.48. The van der Waals surface area contributed by atoms with Crippen molar-refractivity contribution < 1.29 is 32.4 Å². The molecular formula is C8H6F4O3. The third-order valence-electron chi connectivity index (χ3n) is 1.64. The summed E-state index contributed by atoms with van der Waals surface area (Å²) in [6.45, 7) is -1.17. The molecule has 0 heterocycles. The van der Waals surface area contributed by atoms with E-state index < -0.39 is 41.2 Å². The number of aliphatic hydroxyl groups is 1. The Labute approximate surface area is 81.8 Å². The molecule has 0 saturated heterocycles. The van der Waals surface area contributed by atoms with E-state index in [9.17, 15) is 17.6 Å². The van der Waals surface area contributed by atoms with Crippen LogP contribution < -0.4 is 4.89 Å². The van der Waals surface area contributed by atoms with E-state index in [2.05, 4.69) is 9.78 Å². The van der Waals surface area contributed by atoms with E-state index in [1.54, 1.807) is 0 Å². The highest BCUT2D eigenvalue weighted by atomic mass is 19.2. The molecule has 0 saturated carbocycles. The minimum atomic E-state index is -1.76. The molecule has 0 aliphatic carbocycles. The number of benzene rings is 1. The van der Waals surface area contributed by atoms with Gasteiger partial charge in [-0.3, -0.25) is 0 Å². The fourth-order valence-corrected chi connectivity index (χ4v) is 0.952. The summed E-state index contributed by atoms with van der Waals surface area (Å²) < 4.78 is 51.9. The zero-order valence-corrected chi connectivity index (χ0v) is 7.48. The Morgan fingerprint density at radius 1 is 1.00 bits per heavy atom. The van der Waals surface area contributed by atoms with Crippen molar-refractivity contribution in [2.75, 3.05) is 7.11 Å². The summed E-state index contributed by atoms with van der Waals surface area (Å²) in [5, 5.41) is 8.48. The molecule has 7 heteroatoms. The molecule has 0 aromatic heterocycles. The van der Waals surface area contributed by atoms with Gasteiger partial charge in [-0.05, 0) is 0 Å². The third-order valence-corrected chi connectivity index (χ3v) is 1.64. The SMILES string of the molecule is COOc1c(F)c(F)c(CO)c(F)c1F. The number of halogens is 4. The standard InChI is InChI=1S/C8H6F4O3/c1-14-15-8-6(11)4(9)3(2-13)5(10)7(8)12/h13H,2H2,1H3. The average molecular weight is 226 g/mol. The van der Waals surface area contributed by atoms with E-state index in [4.69, 9.17) is 5.11 Å². The van der Waals surface area contributed by atoms with Crippen molar-refractivity contribution in [1.82, 2.24) is 0 Å². The quantitative estimate of drug-likeness (QED) is 0.369. The number of hydrogen-bond donors (Lipinski definition) is 1. The van der Waals surface area contributed by atoms with Crippen molar-refractivity contribution in [2.24, 2.45) is 0 Å². The average Bonchev–Trinajstić information content (AvgIpc) is 2.23. The maximum Gasteiger partial charge on any atom is 0.242 e. The molecule has 0 unspecified atom stereocenters. The normalized spacial score (nSPS) is 10.5. The van der Waals surface area contributed by atoms with E-state index in [0.29, 0.717) is 0 Å². The van der Waals surface area contributed by atoms with Crippen molar-refractivity contribution in [1.29, 1.82) is 0 Å². The van der Waals surface area contributed by atoms with Gasteiger partial charge in [-0.2, -0.15) is 13.7 Å². The van der Waals surface area contributed by atoms with E-state index in [0.717, 1.165) is 7.11 Å². The maximum atomic E-state index is 13.0. The van der Waals surface area contributed by atoms with Crippen molar-refractivity contribution in [2.45, 2.75) is 6.61 Å². The van der Waals surface area contributed by atoms with Crippen molar-refractivity contribution in [3.05, 3.63) is 28.8 Å². The fraction of sp³-hybridized carbons (Fsp3) is 0.250. The van der Waals surface area contributed by atoms with Gasteiger partial charge in [0.1, 0.15) is 0 Å². The molecule has 1 rings (SSSR count). The Balaban J connectivity index is 3.44. The van der Waals surface area contributed by atoms with Crippen LogP contribution in [0.5, 0.6) is 5.75 Å². The van der Waals surface area contributed by atoms with Gasteiger partial charge in [0, 0.05) is 0 Å². The van der Waals surface area contributed by atoms with Crippen LogP contribution in [0.2, 0.25) is 0 Å². The molecule has 0 spiro atoms. The molecule has 1 N–H and O–H groups in total. The number of rotatable bonds is 3. The van der Waals surface area contributed by atoms with Gasteiger partial charge in [-0.15, -0.1) is 0 Å². The Morgan fingerprint density at radius 2 is 1.47 bits per heavy atom.